The standard InChI is InChI=1S/C14H8FNO3/c15-11-4-8(7-16)3-10(5-11)9-1-2-13(17)12(6-9)14(18)19/h1-6,17H,(H,18,19). The molecule has 0 amide bonds. The van der Waals surface area contributed by atoms with E-state index in [0.717, 1.165) is 6.07 Å². The summed E-state index contributed by atoms with van der Waals surface area (Å²) < 4.78 is 13.3. The molecule has 0 bridgehead atoms. The van der Waals surface area contributed by atoms with Crippen molar-refractivity contribution in [2.75, 3.05) is 0 Å². The normalized spacial score (nSPS) is 9.89. The summed E-state index contributed by atoms with van der Waals surface area (Å²) in [4.78, 5) is 10.9. The van der Waals surface area contributed by atoms with Crippen molar-refractivity contribution < 1.29 is 19.4 Å². The van der Waals surface area contributed by atoms with Gasteiger partial charge in [0.25, 0.3) is 0 Å². The predicted octanol–water partition coefficient (Wildman–Crippen LogP) is 2.77. The van der Waals surface area contributed by atoms with Gasteiger partial charge in [-0.25, -0.2) is 9.18 Å². The number of nitrogens with zero attached hydrogens (tertiary/aromatic N) is 1. The molecule has 0 unspecified atom stereocenters. The number of carbonyl (C=O) groups is 1. The van der Waals surface area contributed by atoms with Gasteiger partial charge in [0.1, 0.15) is 17.1 Å². The lowest BCUT2D eigenvalue weighted by molar-refractivity contribution is 0.0694. The van der Waals surface area contributed by atoms with Gasteiger partial charge in [-0.1, -0.05) is 6.07 Å². The van der Waals surface area contributed by atoms with Crippen molar-refractivity contribution in [3.63, 3.8) is 0 Å². The zero-order valence-corrected chi connectivity index (χ0v) is 9.59. The molecule has 5 heteroatoms. The maximum Gasteiger partial charge on any atom is 0.339 e. The first-order chi connectivity index (χ1) is 9.01. The summed E-state index contributed by atoms with van der Waals surface area (Å²) in [5, 5.41) is 27.1. The van der Waals surface area contributed by atoms with Gasteiger partial charge in [-0.05, 0) is 41.5 Å². The van der Waals surface area contributed by atoms with Crippen LogP contribution in [0.5, 0.6) is 5.75 Å². The lowest BCUT2D eigenvalue weighted by atomic mass is 10.0. The average molecular weight is 257 g/mol. The van der Waals surface area contributed by atoms with Crippen LogP contribution in [0.1, 0.15) is 15.9 Å². The summed E-state index contributed by atoms with van der Waals surface area (Å²) in [6, 6.07) is 9.45. The molecule has 0 saturated heterocycles. The molecule has 0 heterocycles. The summed E-state index contributed by atoms with van der Waals surface area (Å²) in [6.45, 7) is 0. The molecule has 0 fully saturated rings. The first-order valence-electron chi connectivity index (χ1n) is 5.28. The maximum atomic E-state index is 13.3. The van der Waals surface area contributed by atoms with Crippen LogP contribution < -0.4 is 0 Å². The third kappa shape index (κ3) is 2.53. The zero-order valence-electron chi connectivity index (χ0n) is 9.59. The minimum Gasteiger partial charge on any atom is -0.507 e. The first kappa shape index (κ1) is 12.6. The van der Waals surface area contributed by atoms with Crippen molar-refractivity contribution >= 4 is 5.97 Å². The highest BCUT2D eigenvalue weighted by Crippen LogP contribution is 2.27. The zero-order chi connectivity index (χ0) is 14.0. The van der Waals surface area contributed by atoms with Crippen LogP contribution in [0.25, 0.3) is 11.1 Å². The van der Waals surface area contributed by atoms with Gasteiger partial charge >= 0.3 is 5.97 Å². The van der Waals surface area contributed by atoms with Crippen molar-refractivity contribution in [1.29, 1.82) is 5.26 Å². The second-order valence-electron chi connectivity index (χ2n) is 3.88. The molecular weight excluding hydrogens is 249 g/mol. The summed E-state index contributed by atoms with van der Waals surface area (Å²) >= 11 is 0. The number of aromatic hydroxyl groups is 1. The Hall–Kier alpha value is -2.87. The Balaban J connectivity index is 2.60. The van der Waals surface area contributed by atoms with Crippen molar-refractivity contribution in [3.8, 4) is 22.9 Å². The van der Waals surface area contributed by atoms with Crippen LogP contribution in [0.3, 0.4) is 0 Å². The molecule has 0 aromatic heterocycles. The van der Waals surface area contributed by atoms with Crippen LogP contribution >= 0.6 is 0 Å². The number of rotatable bonds is 2. The molecular formula is C14H8FNO3. The Morgan fingerprint density at radius 1 is 1.16 bits per heavy atom. The highest BCUT2D eigenvalue weighted by atomic mass is 19.1. The topological polar surface area (TPSA) is 81.3 Å². The maximum absolute atomic E-state index is 13.3. The van der Waals surface area contributed by atoms with Crippen molar-refractivity contribution in [2.45, 2.75) is 0 Å². The van der Waals surface area contributed by atoms with E-state index < -0.39 is 11.8 Å². The molecule has 94 valence electrons. The SMILES string of the molecule is N#Cc1cc(F)cc(-c2ccc(O)c(C(=O)O)c2)c1. The van der Waals surface area contributed by atoms with Gasteiger partial charge in [0, 0.05) is 0 Å². The molecule has 0 saturated carbocycles. The molecule has 0 atom stereocenters. The minimum atomic E-state index is -1.28. The smallest absolute Gasteiger partial charge is 0.339 e. The Labute approximate surface area is 108 Å². The molecule has 0 aliphatic carbocycles. The van der Waals surface area contributed by atoms with Crippen molar-refractivity contribution in [1.82, 2.24) is 0 Å². The molecule has 4 nitrogen and oxygen atoms in total. The third-order valence-corrected chi connectivity index (χ3v) is 2.59. The second kappa shape index (κ2) is 4.78. The number of aromatic carboxylic acids is 1. The van der Waals surface area contributed by atoms with E-state index in [1.54, 1.807) is 0 Å². The molecule has 2 rings (SSSR count). The summed E-state index contributed by atoms with van der Waals surface area (Å²) in [6.07, 6.45) is 0. The lowest BCUT2D eigenvalue weighted by Gasteiger charge is -2.06. The van der Waals surface area contributed by atoms with Crippen LogP contribution in [-0.4, -0.2) is 16.2 Å². The highest BCUT2D eigenvalue weighted by molar-refractivity contribution is 5.92. The van der Waals surface area contributed by atoms with E-state index in [1.807, 2.05) is 6.07 Å². The molecule has 0 spiro atoms. The van der Waals surface area contributed by atoms with E-state index in [0.29, 0.717) is 11.1 Å². The van der Waals surface area contributed by atoms with E-state index in [1.165, 1.54) is 30.3 Å². The van der Waals surface area contributed by atoms with Crippen molar-refractivity contribution in [3.05, 3.63) is 53.3 Å². The Morgan fingerprint density at radius 3 is 2.53 bits per heavy atom. The van der Waals surface area contributed by atoms with Crippen LogP contribution in [-0.2, 0) is 0 Å². The average Bonchev–Trinajstić information content (AvgIpc) is 2.38. The molecule has 2 aromatic rings. The number of nitriles is 1. The van der Waals surface area contributed by atoms with E-state index in [9.17, 15) is 14.3 Å². The molecule has 2 aromatic carbocycles. The lowest BCUT2D eigenvalue weighted by Crippen LogP contribution is -1.97. The van der Waals surface area contributed by atoms with Crippen molar-refractivity contribution in [2.24, 2.45) is 0 Å². The van der Waals surface area contributed by atoms with Gasteiger partial charge in [0.15, 0.2) is 0 Å². The quantitative estimate of drug-likeness (QED) is 0.866. The number of carboxylic acids is 1. The number of carboxylic acid groups (broad SMARTS) is 1. The van der Waals surface area contributed by atoms with Gasteiger partial charge in [-0.3, -0.25) is 0 Å². The molecule has 2 N–H and O–H groups in total. The van der Waals surface area contributed by atoms with E-state index in [4.69, 9.17) is 10.4 Å². The largest absolute Gasteiger partial charge is 0.507 e. The Kier molecular flexibility index (Phi) is 3.17. The monoisotopic (exact) mass is 257 g/mol. The van der Waals surface area contributed by atoms with Crippen LogP contribution in [0.15, 0.2) is 36.4 Å². The molecule has 0 radical (unpaired) electrons. The van der Waals surface area contributed by atoms with Gasteiger partial charge < -0.3 is 10.2 Å². The summed E-state index contributed by atoms with van der Waals surface area (Å²) in [5.74, 6) is -2.23. The van der Waals surface area contributed by atoms with Gasteiger partial charge in [0.2, 0.25) is 0 Å². The molecule has 0 aliphatic rings. The Bertz CT molecular complexity index is 704. The van der Waals surface area contributed by atoms with E-state index >= 15 is 0 Å². The fourth-order valence-electron chi connectivity index (χ4n) is 1.71. The molecule has 19 heavy (non-hydrogen) atoms. The number of hydrogen-bond acceptors (Lipinski definition) is 3. The van der Waals surface area contributed by atoms with Crippen LogP contribution in [0.4, 0.5) is 4.39 Å². The van der Waals surface area contributed by atoms with Crippen LogP contribution in [0, 0.1) is 17.1 Å². The number of benzene rings is 2. The number of halogens is 1. The van der Waals surface area contributed by atoms with Gasteiger partial charge in [-0.2, -0.15) is 5.26 Å². The highest BCUT2D eigenvalue weighted by Gasteiger charge is 2.12. The van der Waals surface area contributed by atoms with E-state index in [-0.39, 0.29) is 16.9 Å². The van der Waals surface area contributed by atoms with Gasteiger partial charge in [0.05, 0.1) is 11.6 Å². The predicted molar refractivity (Wildman–Crippen MR) is 65.2 cm³/mol. The Morgan fingerprint density at radius 2 is 1.89 bits per heavy atom. The minimum absolute atomic E-state index is 0.139. The fourth-order valence-corrected chi connectivity index (χ4v) is 1.71. The summed E-state index contributed by atoms with van der Waals surface area (Å²) in [7, 11) is 0. The van der Waals surface area contributed by atoms with E-state index in [2.05, 4.69) is 0 Å². The fraction of sp³-hybridized carbons (Fsp3) is 0. The third-order valence-electron chi connectivity index (χ3n) is 2.59. The first-order valence-corrected chi connectivity index (χ1v) is 5.28. The number of phenols is 1. The molecule has 0 aliphatic heterocycles. The summed E-state index contributed by atoms with van der Waals surface area (Å²) in [5.41, 5.74) is 0.644. The number of hydrogen-bond donors (Lipinski definition) is 2. The second-order valence-corrected chi connectivity index (χ2v) is 3.88. The van der Waals surface area contributed by atoms with Gasteiger partial charge in [-0.15, -0.1) is 0 Å². The van der Waals surface area contributed by atoms with Crippen LogP contribution in [0.2, 0.25) is 0 Å².